The number of anilines is 1. The molecule has 0 unspecified atom stereocenters. The van der Waals surface area contributed by atoms with Crippen molar-refractivity contribution in [1.82, 2.24) is 9.38 Å². The zero-order valence-electron chi connectivity index (χ0n) is 15.6. The Morgan fingerprint density at radius 3 is 2.89 bits per heavy atom. The van der Waals surface area contributed by atoms with Crippen LogP contribution in [0.1, 0.15) is 37.4 Å². The summed E-state index contributed by atoms with van der Waals surface area (Å²) in [5, 5.41) is 2.87. The summed E-state index contributed by atoms with van der Waals surface area (Å²) in [5.74, 6) is 0.600. The van der Waals surface area contributed by atoms with Gasteiger partial charge in [-0.1, -0.05) is 19.4 Å². The van der Waals surface area contributed by atoms with Crippen LogP contribution < -0.4 is 15.6 Å². The Morgan fingerprint density at radius 2 is 2.07 bits per heavy atom. The zero-order chi connectivity index (χ0) is 19.2. The number of amides is 1. The van der Waals surface area contributed by atoms with Crippen molar-refractivity contribution in [3.05, 3.63) is 70.3 Å². The van der Waals surface area contributed by atoms with E-state index in [9.17, 15) is 9.59 Å². The van der Waals surface area contributed by atoms with Gasteiger partial charge >= 0.3 is 0 Å². The van der Waals surface area contributed by atoms with E-state index in [1.165, 1.54) is 10.5 Å². The minimum atomic E-state index is -0.143. The lowest BCUT2D eigenvalue weighted by atomic mass is 10.2. The summed E-state index contributed by atoms with van der Waals surface area (Å²) in [4.78, 5) is 28.5. The van der Waals surface area contributed by atoms with Crippen molar-refractivity contribution >= 4 is 17.2 Å². The van der Waals surface area contributed by atoms with E-state index >= 15 is 0 Å². The molecule has 2 heterocycles. The molecule has 3 aromatic rings. The molecule has 6 nitrogen and oxygen atoms in total. The van der Waals surface area contributed by atoms with Crippen molar-refractivity contribution in [2.75, 3.05) is 5.32 Å². The number of pyridine rings is 1. The van der Waals surface area contributed by atoms with Crippen LogP contribution in [0.15, 0.2) is 53.5 Å². The fraction of sp³-hybridized carbons (Fsp3) is 0.286. The number of nitrogens with zero attached hydrogens (tertiary/aromatic N) is 2. The first-order valence-corrected chi connectivity index (χ1v) is 9.07. The van der Waals surface area contributed by atoms with Crippen LogP contribution in [0.5, 0.6) is 5.75 Å². The maximum Gasteiger partial charge on any atom is 0.258 e. The maximum absolute atomic E-state index is 12.2. The SMILES string of the molecule is CCCCC(=O)Nc1cccc(OCc2cc(=O)n3ccc(C)cc3n2)c1. The molecule has 0 spiro atoms. The molecular formula is C21H23N3O3. The van der Waals surface area contributed by atoms with Gasteiger partial charge in [-0.25, -0.2) is 4.98 Å². The Hall–Kier alpha value is -3.15. The molecule has 0 bridgehead atoms. The number of hydrogen-bond donors (Lipinski definition) is 1. The lowest BCUT2D eigenvalue weighted by Crippen LogP contribution is -2.16. The van der Waals surface area contributed by atoms with Crippen molar-refractivity contribution in [3.8, 4) is 5.75 Å². The molecule has 0 saturated carbocycles. The van der Waals surface area contributed by atoms with E-state index in [1.54, 1.807) is 18.3 Å². The summed E-state index contributed by atoms with van der Waals surface area (Å²) >= 11 is 0. The number of carbonyl (C=O) groups is 1. The van der Waals surface area contributed by atoms with Gasteiger partial charge in [-0.15, -0.1) is 0 Å². The van der Waals surface area contributed by atoms with E-state index in [4.69, 9.17) is 4.74 Å². The third-order valence-electron chi connectivity index (χ3n) is 4.14. The number of hydrogen-bond acceptors (Lipinski definition) is 4. The second-order valence-corrected chi connectivity index (χ2v) is 6.49. The van der Waals surface area contributed by atoms with Gasteiger partial charge in [-0.3, -0.25) is 14.0 Å². The van der Waals surface area contributed by atoms with Crippen molar-refractivity contribution < 1.29 is 9.53 Å². The monoisotopic (exact) mass is 365 g/mol. The van der Waals surface area contributed by atoms with Gasteiger partial charge in [0.05, 0.1) is 5.69 Å². The van der Waals surface area contributed by atoms with Gasteiger partial charge in [0.25, 0.3) is 5.56 Å². The van der Waals surface area contributed by atoms with Crippen LogP contribution in [0, 0.1) is 6.92 Å². The summed E-state index contributed by atoms with van der Waals surface area (Å²) in [7, 11) is 0. The van der Waals surface area contributed by atoms with Crippen LogP contribution >= 0.6 is 0 Å². The van der Waals surface area contributed by atoms with Gasteiger partial charge in [0, 0.05) is 30.4 Å². The predicted molar refractivity (Wildman–Crippen MR) is 105 cm³/mol. The van der Waals surface area contributed by atoms with Crippen LogP contribution in [0.4, 0.5) is 5.69 Å². The molecular weight excluding hydrogens is 342 g/mol. The number of ether oxygens (including phenoxy) is 1. The van der Waals surface area contributed by atoms with E-state index in [1.807, 2.05) is 31.2 Å². The van der Waals surface area contributed by atoms with Gasteiger partial charge < -0.3 is 10.1 Å². The number of unbranched alkanes of at least 4 members (excludes halogenated alkanes) is 1. The van der Waals surface area contributed by atoms with Gasteiger partial charge in [-0.2, -0.15) is 0 Å². The Labute approximate surface area is 157 Å². The number of rotatable bonds is 7. The second-order valence-electron chi connectivity index (χ2n) is 6.49. The lowest BCUT2D eigenvalue weighted by Gasteiger charge is -2.10. The molecule has 1 amide bonds. The van der Waals surface area contributed by atoms with Crippen LogP contribution in [-0.2, 0) is 11.4 Å². The van der Waals surface area contributed by atoms with Gasteiger partial charge in [0.2, 0.25) is 5.91 Å². The molecule has 1 N–H and O–H groups in total. The predicted octanol–water partition coefficient (Wildman–Crippen LogP) is 3.71. The van der Waals surface area contributed by atoms with Crippen LogP contribution in [0.3, 0.4) is 0 Å². The largest absolute Gasteiger partial charge is 0.487 e. The van der Waals surface area contributed by atoms with Gasteiger partial charge in [-0.05, 0) is 43.2 Å². The molecule has 1 aromatic carbocycles. The molecule has 140 valence electrons. The van der Waals surface area contributed by atoms with E-state index in [-0.39, 0.29) is 18.1 Å². The summed E-state index contributed by atoms with van der Waals surface area (Å²) < 4.78 is 7.27. The molecule has 27 heavy (non-hydrogen) atoms. The molecule has 6 heteroatoms. The topological polar surface area (TPSA) is 72.7 Å². The third-order valence-corrected chi connectivity index (χ3v) is 4.14. The number of nitrogens with one attached hydrogen (secondary N) is 1. The van der Waals surface area contributed by atoms with Crippen LogP contribution in [-0.4, -0.2) is 15.3 Å². The molecule has 0 aliphatic rings. The molecule has 0 aliphatic heterocycles. The first-order chi connectivity index (χ1) is 13.0. The van der Waals surface area contributed by atoms with Crippen molar-refractivity contribution in [3.63, 3.8) is 0 Å². The Morgan fingerprint density at radius 1 is 1.22 bits per heavy atom. The first-order valence-electron chi connectivity index (χ1n) is 9.07. The molecule has 0 radical (unpaired) electrons. The fourth-order valence-electron chi connectivity index (χ4n) is 2.71. The molecule has 0 saturated heterocycles. The molecule has 2 aromatic heterocycles. The van der Waals surface area contributed by atoms with E-state index in [0.29, 0.717) is 29.2 Å². The lowest BCUT2D eigenvalue weighted by molar-refractivity contribution is -0.116. The van der Waals surface area contributed by atoms with Crippen molar-refractivity contribution in [1.29, 1.82) is 0 Å². The quantitative estimate of drug-likeness (QED) is 0.693. The highest BCUT2D eigenvalue weighted by molar-refractivity contribution is 5.90. The van der Waals surface area contributed by atoms with E-state index in [0.717, 1.165) is 18.4 Å². The summed E-state index contributed by atoms with van der Waals surface area (Å²) in [6, 6.07) is 12.4. The Kier molecular flexibility index (Phi) is 5.86. The fourth-order valence-corrected chi connectivity index (χ4v) is 2.71. The zero-order valence-corrected chi connectivity index (χ0v) is 15.6. The highest BCUT2D eigenvalue weighted by Gasteiger charge is 2.06. The van der Waals surface area contributed by atoms with E-state index in [2.05, 4.69) is 17.2 Å². The normalized spacial score (nSPS) is 10.7. The standard InChI is InChI=1S/C21H23N3O3/c1-3-4-8-20(25)23-16-6-5-7-18(12-16)27-14-17-13-21(26)24-10-9-15(2)11-19(24)22-17/h5-7,9-13H,3-4,8,14H2,1-2H3,(H,23,25). The minimum Gasteiger partial charge on any atom is -0.487 e. The summed E-state index contributed by atoms with van der Waals surface area (Å²) in [5.41, 5.74) is 2.74. The van der Waals surface area contributed by atoms with E-state index < -0.39 is 0 Å². The number of fused-ring (bicyclic) bond motifs is 1. The Balaban J connectivity index is 1.70. The van der Waals surface area contributed by atoms with Crippen LogP contribution in [0.25, 0.3) is 5.65 Å². The van der Waals surface area contributed by atoms with Crippen molar-refractivity contribution in [2.45, 2.75) is 39.7 Å². The number of benzene rings is 1. The molecule has 0 aliphatic carbocycles. The molecule has 3 rings (SSSR count). The maximum atomic E-state index is 12.2. The highest BCUT2D eigenvalue weighted by Crippen LogP contribution is 2.19. The Bertz CT molecular complexity index is 1010. The van der Waals surface area contributed by atoms with Crippen molar-refractivity contribution in [2.24, 2.45) is 0 Å². The number of carbonyl (C=O) groups excluding carboxylic acids is 1. The summed E-state index contributed by atoms with van der Waals surface area (Å²) in [6.07, 6.45) is 4.07. The first kappa shape index (κ1) is 18.6. The molecule has 0 fully saturated rings. The van der Waals surface area contributed by atoms with Gasteiger partial charge in [0.1, 0.15) is 18.0 Å². The number of aromatic nitrogens is 2. The third kappa shape index (κ3) is 4.94. The smallest absolute Gasteiger partial charge is 0.258 e. The second kappa shape index (κ2) is 8.49. The minimum absolute atomic E-state index is 0.00594. The average Bonchev–Trinajstić information content (AvgIpc) is 2.64. The summed E-state index contributed by atoms with van der Waals surface area (Å²) in [6.45, 7) is 4.18. The van der Waals surface area contributed by atoms with Gasteiger partial charge in [0.15, 0.2) is 0 Å². The number of aryl methyl sites for hydroxylation is 1. The highest BCUT2D eigenvalue weighted by atomic mass is 16.5. The van der Waals surface area contributed by atoms with Crippen LogP contribution in [0.2, 0.25) is 0 Å². The molecule has 0 atom stereocenters. The average molecular weight is 365 g/mol.